The van der Waals surface area contributed by atoms with Gasteiger partial charge < -0.3 is 9.88 Å². The van der Waals surface area contributed by atoms with Gasteiger partial charge in [-0.1, -0.05) is 35.5 Å². The van der Waals surface area contributed by atoms with E-state index in [1.54, 1.807) is 23.9 Å². The fourth-order valence-corrected chi connectivity index (χ4v) is 4.05. The Balaban J connectivity index is 1.60. The van der Waals surface area contributed by atoms with Crippen LogP contribution >= 0.6 is 23.4 Å². The van der Waals surface area contributed by atoms with E-state index in [0.717, 1.165) is 46.5 Å². The van der Waals surface area contributed by atoms with Gasteiger partial charge in [0.15, 0.2) is 16.8 Å². The van der Waals surface area contributed by atoms with Gasteiger partial charge in [-0.05, 0) is 30.3 Å². The molecule has 0 bridgehead atoms. The number of amides is 1. The van der Waals surface area contributed by atoms with Gasteiger partial charge in [0, 0.05) is 28.4 Å². The van der Waals surface area contributed by atoms with Gasteiger partial charge in [0.25, 0.3) is 5.91 Å². The SMILES string of the molecule is O=C(NCc1c(-c2ccc(Cl)cc2)nc2n1CCS2)c1ccc(F)c(F)c1. The van der Waals surface area contributed by atoms with E-state index in [0.29, 0.717) is 5.02 Å². The number of hydrogen-bond acceptors (Lipinski definition) is 3. The van der Waals surface area contributed by atoms with E-state index in [2.05, 4.69) is 14.9 Å². The van der Waals surface area contributed by atoms with Crippen LogP contribution in [0.2, 0.25) is 5.02 Å². The fraction of sp³-hybridized carbons (Fsp3) is 0.158. The maximum atomic E-state index is 13.4. The van der Waals surface area contributed by atoms with Crippen molar-refractivity contribution in [1.29, 1.82) is 0 Å². The molecule has 1 aliphatic rings. The third-order valence-electron chi connectivity index (χ3n) is 4.30. The molecule has 0 fully saturated rings. The molecule has 1 aromatic heterocycles. The first kappa shape index (κ1) is 18.0. The van der Waals surface area contributed by atoms with E-state index in [9.17, 15) is 13.6 Å². The summed E-state index contributed by atoms with van der Waals surface area (Å²) in [7, 11) is 0. The zero-order valence-electron chi connectivity index (χ0n) is 14.0. The summed E-state index contributed by atoms with van der Waals surface area (Å²) >= 11 is 7.62. The number of imidazole rings is 1. The van der Waals surface area contributed by atoms with Crippen LogP contribution < -0.4 is 5.32 Å². The third kappa shape index (κ3) is 3.57. The van der Waals surface area contributed by atoms with Crippen LogP contribution in [0.4, 0.5) is 8.78 Å². The van der Waals surface area contributed by atoms with Crippen LogP contribution in [0.25, 0.3) is 11.3 Å². The number of thioether (sulfide) groups is 1. The molecule has 1 N–H and O–H groups in total. The quantitative estimate of drug-likeness (QED) is 0.694. The number of hydrogen-bond donors (Lipinski definition) is 1. The summed E-state index contributed by atoms with van der Waals surface area (Å²) in [4.78, 5) is 17.0. The van der Waals surface area contributed by atoms with Gasteiger partial charge in [-0.2, -0.15) is 0 Å². The van der Waals surface area contributed by atoms with Crippen molar-refractivity contribution in [3.05, 3.63) is 70.4 Å². The van der Waals surface area contributed by atoms with Gasteiger partial charge in [0.05, 0.1) is 17.9 Å². The number of nitrogens with one attached hydrogen (secondary N) is 1. The molecule has 27 heavy (non-hydrogen) atoms. The summed E-state index contributed by atoms with van der Waals surface area (Å²) in [5.74, 6) is -1.58. The standard InChI is InChI=1S/C19H14ClF2N3OS/c20-13-4-1-11(2-5-13)17-16(25-7-8-27-19(25)24-17)10-23-18(26)12-3-6-14(21)15(22)9-12/h1-6,9H,7-8,10H2,(H,23,26). The summed E-state index contributed by atoms with van der Waals surface area (Å²) in [5, 5.41) is 4.31. The van der Waals surface area contributed by atoms with Gasteiger partial charge in [-0.3, -0.25) is 4.79 Å². The van der Waals surface area contributed by atoms with E-state index in [4.69, 9.17) is 11.6 Å². The van der Waals surface area contributed by atoms with Gasteiger partial charge in [0.1, 0.15) is 0 Å². The first-order valence-electron chi connectivity index (χ1n) is 8.24. The summed E-state index contributed by atoms with van der Waals surface area (Å²) in [5.41, 5.74) is 2.61. The highest BCUT2D eigenvalue weighted by atomic mass is 35.5. The van der Waals surface area contributed by atoms with Gasteiger partial charge in [0.2, 0.25) is 0 Å². The van der Waals surface area contributed by atoms with Crippen LogP contribution in [0.1, 0.15) is 16.1 Å². The monoisotopic (exact) mass is 405 g/mol. The molecule has 0 saturated heterocycles. The normalized spacial score (nSPS) is 12.9. The summed E-state index contributed by atoms with van der Waals surface area (Å²) in [6.07, 6.45) is 0. The van der Waals surface area contributed by atoms with Crippen molar-refractivity contribution < 1.29 is 13.6 Å². The predicted octanol–water partition coefficient (Wildman–Crippen LogP) is 4.52. The van der Waals surface area contributed by atoms with Crippen molar-refractivity contribution in [1.82, 2.24) is 14.9 Å². The Kier molecular flexibility index (Phi) is 4.88. The number of halogens is 3. The number of fused-ring (bicyclic) bond motifs is 1. The van der Waals surface area contributed by atoms with Crippen LogP contribution in [-0.4, -0.2) is 21.2 Å². The molecule has 0 radical (unpaired) electrons. The second kappa shape index (κ2) is 7.32. The number of carbonyl (C=O) groups excluding carboxylic acids is 1. The molecule has 4 rings (SSSR count). The Bertz CT molecular complexity index is 1020. The number of carbonyl (C=O) groups is 1. The first-order valence-corrected chi connectivity index (χ1v) is 9.60. The molecule has 0 atom stereocenters. The van der Waals surface area contributed by atoms with Gasteiger partial charge in [-0.15, -0.1) is 0 Å². The Labute approximate surface area is 163 Å². The summed E-state index contributed by atoms with van der Waals surface area (Å²) in [6, 6.07) is 10.4. The minimum absolute atomic E-state index is 0.0671. The molecule has 2 heterocycles. The van der Waals surface area contributed by atoms with Gasteiger partial charge >= 0.3 is 0 Å². The van der Waals surface area contributed by atoms with Crippen molar-refractivity contribution in [3.8, 4) is 11.3 Å². The Morgan fingerprint density at radius 1 is 1.19 bits per heavy atom. The lowest BCUT2D eigenvalue weighted by Crippen LogP contribution is -2.24. The molecular weight excluding hydrogens is 392 g/mol. The minimum Gasteiger partial charge on any atom is -0.346 e. The molecule has 4 nitrogen and oxygen atoms in total. The second-order valence-electron chi connectivity index (χ2n) is 6.01. The number of aromatic nitrogens is 2. The molecule has 138 valence electrons. The number of rotatable bonds is 4. The zero-order chi connectivity index (χ0) is 19.0. The molecule has 8 heteroatoms. The maximum Gasteiger partial charge on any atom is 0.251 e. The molecule has 0 spiro atoms. The molecule has 1 aliphatic heterocycles. The van der Waals surface area contributed by atoms with Crippen molar-refractivity contribution in [3.63, 3.8) is 0 Å². The second-order valence-corrected chi connectivity index (χ2v) is 7.51. The van der Waals surface area contributed by atoms with E-state index in [-0.39, 0.29) is 12.1 Å². The number of benzene rings is 2. The van der Waals surface area contributed by atoms with E-state index < -0.39 is 17.5 Å². The average Bonchev–Trinajstić information content (AvgIpc) is 3.24. The Morgan fingerprint density at radius 2 is 1.96 bits per heavy atom. The fourth-order valence-electron chi connectivity index (χ4n) is 2.95. The molecule has 3 aromatic rings. The molecule has 0 saturated carbocycles. The van der Waals surface area contributed by atoms with E-state index in [1.165, 1.54) is 6.07 Å². The first-order chi connectivity index (χ1) is 13.0. The molecule has 2 aromatic carbocycles. The highest BCUT2D eigenvalue weighted by Crippen LogP contribution is 2.33. The number of nitrogens with zero attached hydrogens (tertiary/aromatic N) is 2. The predicted molar refractivity (Wildman–Crippen MR) is 101 cm³/mol. The van der Waals surface area contributed by atoms with E-state index in [1.807, 2.05) is 12.1 Å². The lowest BCUT2D eigenvalue weighted by Gasteiger charge is -2.10. The molecule has 0 unspecified atom stereocenters. The molecule has 1 amide bonds. The Hall–Kier alpha value is -2.38. The molecular formula is C19H14ClF2N3OS. The lowest BCUT2D eigenvalue weighted by molar-refractivity contribution is 0.0949. The summed E-state index contributed by atoms with van der Waals surface area (Å²) < 4.78 is 28.5. The van der Waals surface area contributed by atoms with Crippen LogP contribution in [0.5, 0.6) is 0 Å². The lowest BCUT2D eigenvalue weighted by atomic mass is 10.1. The average molecular weight is 406 g/mol. The summed E-state index contributed by atoms with van der Waals surface area (Å²) in [6.45, 7) is 1.03. The topological polar surface area (TPSA) is 46.9 Å². The van der Waals surface area contributed by atoms with Crippen LogP contribution in [0, 0.1) is 11.6 Å². The minimum atomic E-state index is -1.05. The zero-order valence-corrected chi connectivity index (χ0v) is 15.6. The van der Waals surface area contributed by atoms with Crippen LogP contribution in [0.3, 0.4) is 0 Å². The smallest absolute Gasteiger partial charge is 0.251 e. The van der Waals surface area contributed by atoms with Crippen LogP contribution in [0.15, 0.2) is 47.6 Å². The van der Waals surface area contributed by atoms with Crippen molar-refractivity contribution in [2.75, 3.05) is 5.75 Å². The van der Waals surface area contributed by atoms with E-state index >= 15 is 0 Å². The van der Waals surface area contributed by atoms with Crippen molar-refractivity contribution in [2.45, 2.75) is 18.2 Å². The highest BCUT2D eigenvalue weighted by molar-refractivity contribution is 7.99. The largest absolute Gasteiger partial charge is 0.346 e. The van der Waals surface area contributed by atoms with Crippen LogP contribution in [-0.2, 0) is 13.1 Å². The van der Waals surface area contributed by atoms with Crippen molar-refractivity contribution in [2.24, 2.45) is 0 Å². The Morgan fingerprint density at radius 3 is 2.70 bits per heavy atom. The molecule has 0 aliphatic carbocycles. The highest BCUT2D eigenvalue weighted by Gasteiger charge is 2.23. The maximum absolute atomic E-state index is 13.4. The van der Waals surface area contributed by atoms with Crippen molar-refractivity contribution >= 4 is 29.3 Å². The third-order valence-corrected chi connectivity index (χ3v) is 5.51. The van der Waals surface area contributed by atoms with Gasteiger partial charge in [-0.25, -0.2) is 13.8 Å².